The van der Waals surface area contributed by atoms with Crippen molar-refractivity contribution < 1.29 is 0 Å². The fourth-order valence-corrected chi connectivity index (χ4v) is 1.75. The van der Waals surface area contributed by atoms with Crippen molar-refractivity contribution in [2.75, 3.05) is 0 Å². The van der Waals surface area contributed by atoms with Crippen LogP contribution in [0, 0.1) is 0 Å². The lowest BCUT2D eigenvalue weighted by atomic mass is 9.97. The Bertz CT molecular complexity index is 381. The Morgan fingerprint density at radius 2 is 2.07 bits per heavy atom. The van der Waals surface area contributed by atoms with Gasteiger partial charge in [0.25, 0.3) is 0 Å². The quantitative estimate of drug-likeness (QED) is 0.760. The molecule has 1 unspecified atom stereocenters. The molecule has 0 aliphatic carbocycles. The summed E-state index contributed by atoms with van der Waals surface area (Å²) in [6.45, 7) is 3.11. The third-order valence-corrected chi connectivity index (χ3v) is 2.64. The van der Waals surface area contributed by atoms with E-state index in [9.17, 15) is 0 Å². The molecule has 0 spiro atoms. The minimum Gasteiger partial charge on any atom is -0.252 e. The summed E-state index contributed by atoms with van der Waals surface area (Å²) in [5, 5.41) is 7.81. The highest BCUT2D eigenvalue weighted by atomic mass is 15.4. The predicted molar refractivity (Wildman–Crippen MR) is 59.5 cm³/mol. The maximum Gasteiger partial charge on any atom is 0.0692 e. The van der Waals surface area contributed by atoms with Crippen LogP contribution in [0.2, 0.25) is 0 Å². The van der Waals surface area contributed by atoms with Crippen molar-refractivity contribution in [3.63, 3.8) is 0 Å². The van der Waals surface area contributed by atoms with Gasteiger partial charge >= 0.3 is 0 Å². The molecule has 1 aromatic carbocycles. The second kappa shape index (κ2) is 4.73. The molecule has 2 rings (SSSR count). The van der Waals surface area contributed by atoms with Gasteiger partial charge in [0.15, 0.2) is 0 Å². The van der Waals surface area contributed by atoms with Gasteiger partial charge in [-0.1, -0.05) is 42.5 Å². The van der Waals surface area contributed by atoms with Crippen LogP contribution in [0.5, 0.6) is 0 Å². The van der Waals surface area contributed by atoms with E-state index in [0.717, 1.165) is 13.0 Å². The maximum atomic E-state index is 4.00. The van der Waals surface area contributed by atoms with Crippen LogP contribution >= 0.6 is 0 Å². The smallest absolute Gasteiger partial charge is 0.0692 e. The SMILES string of the molecule is CCC(Cn1ccnn1)c1ccccc1. The van der Waals surface area contributed by atoms with Crippen LogP contribution < -0.4 is 0 Å². The van der Waals surface area contributed by atoms with Gasteiger partial charge in [0.2, 0.25) is 0 Å². The van der Waals surface area contributed by atoms with E-state index in [4.69, 9.17) is 0 Å². The van der Waals surface area contributed by atoms with Crippen LogP contribution in [-0.2, 0) is 6.54 Å². The van der Waals surface area contributed by atoms with E-state index in [2.05, 4.69) is 41.5 Å². The van der Waals surface area contributed by atoms with Gasteiger partial charge < -0.3 is 0 Å². The predicted octanol–water partition coefficient (Wildman–Crippen LogP) is 2.47. The number of rotatable bonds is 4. The normalized spacial score (nSPS) is 12.6. The van der Waals surface area contributed by atoms with Crippen LogP contribution in [0.25, 0.3) is 0 Å². The van der Waals surface area contributed by atoms with Crippen LogP contribution in [-0.4, -0.2) is 15.0 Å². The van der Waals surface area contributed by atoms with E-state index < -0.39 is 0 Å². The fourth-order valence-electron chi connectivity index (χ4n) is 1.75. The maximum absolute atomic E-state index is 4.00. The number of aromatic nitrogens is 3. The Kier molecular flexibility index (Phi) is 3.12. The zero-order valence-electron chi connectivity index (χ0n) is 8.87. The van der Waals surface area contributed by atoms with E-state index in [1.165, 1.54) is 5.56 Å². The van der Waals surface area contributed by atoms with Crippen molar-refractivity contribution in [2.45, 2.75) is 25.8 Å². The van der Waals surface area contributed by atoms with Gasteiger partial charge in [-0.05, 0) is 12.0 Å². The summed E-state index contributed by atoms with van der Waals surface area (Å²) < 4.78 is 1.89. The summed E-state index contributed by atoms with van der Waals surface area (Å²) in [5.74, 6) is 0.521. The van der Waals surface area contributed by atoms with Crippen LogP contribution in [0.4, 0.5) is 0 Å². The molecule has 3 heteroatoms. The van der Waals surface area contributed by atoms with Gasteiger partial charge in [-0.2, -0.15) is 0 Å². The summed E-state index contributed by atoms with van der Waals surface area (Å²) >= 11 is 0. The fraction of sp³-hybridized carbons (Fsp3) is 0.333. The van der Waals surface area contributed by atoms with Crippen molar-refractivity contribution in [1.82, 2.24) is 15.0 Å². The molecular weight excluding hydrogens is 186 g/mol. The first kappa shape index (κ1) is 9.90. The minimum absolute atomic E-state index is 0.521. The van der Waals surface area contributed by atoms with Gasteiger partial charge in [0, 0.05) is 18.7 Å². The molecule has 0 N–H and O–H groups in total. The van der Waals surface area contributed by atoms with Gasteiger partial charge in [-0.25, -0.2) is 0 Å². The average molecular weight is 201 g/mol. The van der Waals surface area contributed by atoms with E-state index in [1.807, 2.05) is 16.9 Å². The number of nitrogens with zero attached hydrogens (tertiary/aromatic N) is 3. The van der Waals surface area contributed by atoms with Gasteiger partial charge in [-0.3, -0.25) is 4.68 Å². The molecular formula is C12H15N3. The molecule has 1 aromatic heterocycles. The molecule has 1 atom stereocenters. The Balaban J connectivity index is 2.12. The molecule has 15 heavy (non-hydrogen) atoms. The lowest BCUT2D eigenvalue weighted by Crippen LogP contribution is -2.09. The molecule has 3 nitrogen and oxygen atoms in total. The average Bonchev–Trinajstić information content (AvgIpc) is 2.80. The van der Waals surface area contributed by atoms with E-state index in [-0.39, 0.29) is 0 Å². The Hall–Kier alpha value is -1.64. The van der Waals surface area contributed by atoms with Crippen molar-refractivity contribution >= 4 is 0 Å². The van der Waals surface area contributed by atoms with E-state index in [1.54, 1.807) is 6.20 Å². The molecule has 2 aromatic rings. The lowest BCUT2D eigenvalue weighted by molar-refractivity contribution is 0.492. The summed E-state index contributed by atoms with van der Waals surface area (Å²) in [7, 11) is 0. The van der Waals surface area contributed by atoms with E-state index >= 15 is 0 Å². The Labute approximate surface area is 89.7 Å². The topological polar surface area (TPSA) is 30.7 Å². The second-order valence-corrected chi connectivity index (χ2v) is 3.64. The van der Waals surface area contributed by atoms with Crippen molar-refractivity contribution in [1.29, 1.82) is 0 Å². The zero-order chi connectivity index (χ0) is 10.5. The van der Waals surface area contributed by atoms with Crippen molar-refractivity contribution in [3.05, 3.63) is 48.3 Å². The second-order valence-electron chi connectivity index (χ2n) is 3.64. The summed E-state index contributed by atoms with van der Waals surface area (Å²) in [5.41, 5.74) is 1.37. The highest BCUT2D eigenvalue weighted by molar-refractivity contribution is 5.19. The monoisotopic (exact) mass is 201 g/mol. The molecule has 0 aliphatic rings. The number of hydrogen-bond acceptors (Lipinski definition) is 2. The molecule has 0 amide bonds. The minimum atomic E-state index is 0.521. The van der Waals surface area contributed by atoms with Crippen LogP contribution in [0.15, 0.2) is 42.7 Å². The van der Waals surface area contributed by atoms with Crippen LogP contribution in [0.1, 0.15) is 24.8 Å². The molecule has 0 radical (unpaired) electrons. The largest absolute Gasteiger partial charge is 0.252 e. The molecule has 0 saturated heterocycles. The number of benzene rings is 1. The van der Waals surface area contributed by atoms with E-state index in [0.29, 0.717) is 5.92 Å². The van der Waals surface area contributed by atoms with Crippen LogP contribution in [0.3, 0.4) is 0 Å². The number of hydrogen-bond donors (Lipinski definition) is 0. The molecule has 1 heterocycles. The highest BCUT2D eigenvalue weighted by Crippen LogP contribution is 2.20. The first-order valence-corrected chi connectivity index (χ1v) is 5.29. The van der Waals surface area contributed by atoms with Gasteiger partial charge in [0.1, 0.15) is 0 Å². The van der Waals surface area contributed by atoms with Gasteiger partial charge in [-0.15, -0.1) is 5.10 Å². The third-order valence-electron chi connectivity index (χ3n) is 2.64. The molecule has 0 bridgehead atoms. The standard InChI is InChI=1S/C12H15N3/c1-2-11(10-15-9-8-13-14-15)12-6-4-3-5-7-12/h3-9,11H,2,10H2,1H3. The Morgan fingerprint density at radius 1 is 1.27 bits per heavy atom. The van der Waals surface area contributed by atoms with Crippen molar-refractivity contribution in [2.24, 2.45) is 0 Å². The molecule has 0 fully saturated rings. The summed E-state index contributed by atoms with van der Waals surface area (Å²) in [6, 6.07) is 10.6. The Morgan fingerprint density at radius 3 is 2.67 bits per heavy atom. The highest BCUT2D eigenvalue weighted by Gasteiger charge is 2.09. The van der Waals surface area contributed by atoms with Crippen molar-refractivity contribution in [3.8, 4) is 0 Å². The lowest BCUT2D eigenvalue weighted by Gasteiger charge is -2.14. The third kappa shape index (κ3) is 2.43. The molecule has 78 valence electrons. The van der Waals surface area contributed by atoms with Gasteiger partial charge in [0.05, 0.1) is 6.20 Å². The molecule has 0 aliphatic heterocycles. The first-order valence-electron chi connectivity index (χ1n) is 5.29. The first-order chi connectivity index (χ1) is 7.40. The summed E-state index contributed by atoms with van der Waals surface area (Å²) in [6.07, 6.45) is 4.74. The molecule has 0 saturated carbocycles. The summed E-state index contributed by atoms with van der Waals surface area (Å²) in [4.78, 5) is 0. The zero-order valence-corrected chi connectivity index (χ0v) is 8.87.